The van der Waals surface area contributed by atoms with Crippen LogP contribution in [0.15, 0.2) is 35.0 Å². The lowest BCUT2D eigenvalue weighted by molar-refractivity contribution is 0.0664. The van der Waals surface area contributed by atoms with Crippen LogP contribution in [0, 0.1) is 0 Å². The van der Waals surface area contributed by atoms with E-state index < -0.39 is 0 Å². The van der Waals surface area contributed by atoms with Gasteiger partial charge in [0.25, 0.3) is 5.91 Å². The topological polar surface area (TPSA) is 75.0 Å². The third-order valence-electron chi connectivity index (χ3n) is 4.69. The van der Waals surface area contributed by atoms with Gasteiger partial charge in [-0.25, -0.2) is 4.98 Å². The van der Waals surface area contributed by atoms with E-state index in [-0.39, 0.29) is 5.91 Å². The van der Waals surface area contributed by atoms with Crippen molar-refractivity contribution in [3.63, 3.8) is 0 Å². The summed E-state index contributed by atoms with van der Waals surface area (Å²) in [6.45, 7) is 3.44. The quantitative estimate of drug-likeness (QED) is 0.803. The number of amides is 1. The van der Waals surface area contributed by atoms with E-state index in [0.717, 1.165) is 48.2 Å². The number of nitrogens with one attached hydrogen (secondary N) is 1. The molecule has 6 nitrogen and oxygen atoms in total. The number of aryl methyl sites for hydroxylation is 1. The second-order valence-electron chi connectivity index (χ2n) is 6.29. The third kappa shape index (κ3) is 2.68. The summed E-state index contributed by atoms with van der Waals surface area (Å²) in [5, 5.41) is 5.03. The molecule has 1 saturated heterocycles. The molecule has 0 aromatic carbocycles. The Balaban J connectivity index is 1.53. The molecule has 1 atom stereocenters. The van der Waals surface area contributed by atoms with E-state index in [9.17, 15) is 4.79 Å². The predicted molar refractivity (Wildman–Crippen MR) is 89.9 cm³/mol. The highest BCUT2D eigenvalue weighted by Gasteiger charge is 2.28. The van der Waals surface area contributed by atoms with Crippen LogP contribution in [0.5, 0.6) is 0 Å². The molecular formula is C18H20N4O2. The molecule has 0 spiro atoms. The first-order chi connectivity index (χ1) is 11.7. The fourth-order valence-electron chi connectivity index (χ4n) is 3.35. The van der Waals surface area contributed by atoms with E-state index in [0.29, 0.717) is 18.2 Å². The first kappa shape index (κ1) is 14.9. The van der Waals surface area contributed by atoms with Crippen molar-refractivity contribution in [2.24, 2.45) is 0 Å². The molecule has 1 amide bonds. The number of aromatic amines is 1. The zero-order chi connectivity index (χ0) is 16.5. The van der Waals surface area contributed by atoms with Gasteiger partial charge in [-0.05, 0) is 37.5 Å². The Kier molecular flexibility index (Phi) is 3.80. The largest absolute Gasteiger partial charge is 0.351 e. The lowest BCUT2D eigenvalue weighted by Crippen LogP contribution is -2.39. The monoisotopic (exact) mass is 324 g/mol. The lowest BCUT2D eigenvalue weighted by Gasteiger charge is -2.31. The maximum absolute atomic E-state index is 12.6. The van der Waals surface area contributed by atoms with Gasteiger partial charge in [-0.15, -0.1) is 0 Å². The Bertz CT molecular complexity index is 834. The molecule has 0 aliphatic carbocycles. The van der Waals surface area contributed by atoms with Gasteiger partial charge in [-0.3, -0.25) is 4.79 Å². The van der Waals surface area contributed by atoms with Crippen molar-refractivity contribution < 1.29 is 9.32 Å². The molecule has 4 rings (SSSR count). The van der Waals surface area contributed by atoms with Crippen molar-refractivity contribution in [2.45, 2.75) is 32.1 Å². The number of rotatable bonds is 3. The number of nitrogens with zero attached hydrogens (tertiary/aromatic N) is 3. The average Bonchev–Trinajstić information content (AvgIpc) is 3.28. The first-order valence-corrected chi connectivity index (χ1v) is 8.43. The maximum Gasteiger partial charge on any atom is 0.292 e. The molecule has 1 N–H and O–H groups in total. The van der Waals surface area contributed by atoms with Gasteiger partial charge in [0, 0.05) is 42.4 Å². The van der Waals surface area contributed by atoms with Crippen LogP contribution in [0.25, 0.3) is 11.0 Å². The number of fused-ring (bicyclic) bond motifs is 1. The summed E-state index contributed by atoms with van der Waals surface area (Å²) >= 11 is 0. The van der Waals surface area contributed by atoms with Crippen LogP contribution in [0.4, 0.5) is 0 Å². The molecule has 3 aromatic heterocycles. The summed E-state index contributed by atoms with van der Waals surface area (Å²) in [7, 11) is 0. The number of aromatic nitrogens is 3. The van der Waals surface area contributed by atoms with E-state index in [1.807, 2.05) is 17.9 Å². The fourth-order valence-corrected chi connectivity index (χ4v) is 3.35. The molecular weight excluding hydrogens is 304 g/mol. The summed E-state index contributed by atoms with van der Waals surface area (Å²) < 4.78 is 5.20. The van der Waals surface area contributed by atoms with Crippen LogP contribution in [0.3, 0.4) is 0 Å². The molecule has 124 valence electrons. The standard InChI is InChI=1S/C18H20N4O2/c1-2-14-10-16(24-21-14)18(23)22-8-4-6-13(11-22)15-9-12-5-3-7-19-17(12)20-15/h3,5,7,9-10,13H,2,4,6,8,11H2,1H3,(H,19,20)/t13-/m1/s1. The average molecular weight is 324 g/mol. The minimum Gasteiger partial charge on any atom is -0.351 e. The second kappa shape index (κ2) is 6.11. The SMILES string of the molecule is CCc1cc(C(=O)N2CCC[C@@H](c3cc4cccnc4[nH]3)C2)on1. The summed E-state index contributed by atoms with van der Waals surface area (Å²) in [5.41, 5.74) is 2.86. The molecule has 3 aromatic rings. The van der Waals surface area contributed by atoms with E-state index in [1.165, 1.54) is 0 Å². The summed E-state index contributed by atoms with van der Waals surface area (Å²) in [5.74, 6) is 0.567. The van der Waals surface area contributed by atoms with Crippen molar-refractivity contribution >= 4 is 16.9 Å². The van der Waals surface area contributed by atoms with E-state index in [1.54, 1.807) is 12.3 Å². The Labute approximate surface area is 139 Å². The molecule has 24 heavy (non-hydrogen) atoms. The number of carbonyl (C=O) groups is 1. The summed E-state index contributed by atoms with van der Waals surface area (Å²) in [4.78, 5) is 22.3. The lowest BCUT2D eigenvalue weighted by atomic mass is 9.94. The number of piperidine rings is 1. The molecule has 4 heterocycles. The minimum atomic E-state index is -0.0684. The number of pyridine rings is 1. The van der Waals surface area contributed by atoms with Gasteiger partial charge < -0.3 is 14.4 Å². The number of carbonyl (C=O) groups excluding carboxylic acids is 1. The normalized spacial score (nSPS) is 18.2. The van der Waals surface area contributed by atoms with Gasteiger partial charge >= 0.3 is 0 Å². The fraction of sp³-hybridized carbons (Fsp3) is 0.389. The van der Waals surface area contributed by atoms with Crippen molar-refractivity contribution in [1.29, 1.82) is 0 Å². The summed E-state index contributed by atoms with van der Waals surface area (Å²) in [6.07, 6.45) is 4.59. The van der Waals surface area contributed by atoms with Crippen LogP contribution in [-0.2, 0) is 6.42 Å². The molecule has 0 saturated carbocycles. The first-order valence-electron chi connectivity index (χ1n) is 8.43. The number of likely N-dealkylation sites (tertiary alicyclic amines) is 1. The Morgan fingerprint density at radius 3 is 3.17 bits per heavy atom. The van der Waals surface area contributed by atoms with E-state index in [2.05, 4.69) is 27.3 Å². The Morgan fingerprint density at radius 2 is 2.38 bits per heavy atom. The van der Waals surface area contributed by atoms with E-state index in [4.69, 9.17) is 4.52 Å². The van der Waals surface area contributed by atoms with Gasteiger partial charge in [0.2, 0.25) is 5.76 Å². The molecule has 0 bridgehead atoms. The highest BCUT2D eigenvalue weighted by molar-refractivity contribution is 5.91. The Hall–Kier alpha value is -2.63. The maximum atomic E-state index is 12.6. The van der Waals surface area contributed by atoms with Crippen LogP contribution in [0.2, 0.25) is 0 Å². The van der Waals surface area contributed by atoms with Crippen molar-refractivity contribution in [2.75, 3.05) is 13.1 Å². The van der Waals surface area contributed by atoms with Gasteiger partial charge in [0.15, 0.2) is 0 Å². The zero-order valence-electron chi connectivity index (χ0n) is 13.7. The third-order valence-corrected chi connectivity index (χ3v) is 4.69. The van der Waals surface area contributed by atoms with Crippen molar-refractivity contribution in [1.82, 2.24) is 20.0 Å². The number of hydrogen-bond donors (Lipinski definition) is 1. The second-order valence-corrected chi connectivity index (χ2v) is 6.29. The molecule has 1 aliphatic heterocycles. The van der Waals surface area contributed by atoms with Gasteiger partial charge in [0.1, 0.15) is 5.65 Å². The van der Waals surface area contributed by atoms with Crippen molar-refractivity contribution in [3.8, 4) is 0 Å². The minimum absolute atomic E-state index is 0.0684. The van der Waals surface area contributed by atoms with Gasteiger partial charge in [0.05, 0.1) is 5.69 Å². The molecule has 1 aliphatic rings. The van der Waals surface area contributed by atoms with Gasteiger partial charge in [-0.2, -0.15) is 0 Å². The predicted octanol–water partition coefficient (Wildman–Crippen LogP) is 3.13. The highest BCUT2D eigenvalue weighted by atomic mass is 16.5. The molecule has 0 unspecified atom stereocenters. The summed E-state index contributed by atoms with van der Waals surface area (Å²) in [6, 6.07) is 7.88. The van der Waals surface area contributed by atoms with Gasteiger partial charge in [-0.1, -0.05) is 12.1 Å². The van der Waals surface area contributed by atoms with E-state index >= 15 is 0 Å². The number of H-pyrrole nitrogens is 1. The number of hydrogen-bond acceptors (Lipinski definition) is 4. The van der Waals surface area contributed by atoms with Crippen LogP contribution in [0.1, 0.15) is 47.6 Å². The molecule has 1 fully saturated rings. The highest BCUT2D eigenvalue weighted by Crippen LogP contribution is 2.29. The van der Waals surface area contributed by atoms with Crippen LogP contribution >= 0.6 is 0 Å². The van der Waals surface area contributed by atoms with Crippen LogP contribution in [-0.4, -0.2) is 39.0 Å². The Morgan fingerprint density at radius 1 is 1.46 bits per heavy atom. The van der Waals surface area contributed by atoms with Crippen LogP contribution < -0.4 is 0 Å². The zero-order valence-corrected chi connectivity index (χ0v) is 13.7. The van der Waals surface area contributed by atoms with Crippen molar-refractivity contribution in [3.05, 3.63) is 47.6 Å². The molecule has 0 radical (unpaired) electrons. The smallest absolute Gasteiger partial charge is 0.292 e. The molecule has 6 heteroatoms.